The lowest BCUT2D eigenvalue weighted by atomic mass is 9.77. The van der Waals surface area contributed by atoms with E-state index in [4.69, 9.17) is 14.5 Å². The van der Waals surface area contributed by atoms with Crippen molar-refractivity contribution in [1.82, 2.24) is 4.98 Å². The molecular weight excluding hydrogens is 619 g/mol. The Balaban J connectivity index is 1.16. The first kappa shape index (κ1) is 34.2. The van der Waals surface area contributed by atoms with Gasteiger partial charge in [0.2, 0.25) is 5.91 Å². The van der Waals surface area contributed by atoms with Crippen LogP contribution in [-0.2, 0) is 14.3 Å². The zero-order valence-electron chi connectivity index (χ0n) is 28.9. The number of thiazole rings is 1. The van der Waals surface area contributed by atoms with Crippen molar-refractivity contribution in [1.29, 1.82) is 5.26 Å². The third-order valence-electron chi connectivity index (χ3n) is 10.3. The summed E-state index contributed by atoms with van der Waals surface area (Å²) in [5.74, 6) is 2.33. The van der Waals surface area contributed by atoms with Crippen LogP contribution in [0.3, 0.4) is 0 Å². The van der Waals surface area contributed by atoms with Gasteiger partial charge in [-0.05, 0) is 138 Å². The lowest BCUT2D eigenvalue weighted by Gasteiger charge is -2.36. The van der Waals surface area contributed by atoms with Crippen LogP contribution in [0.2, 0.25) is 0 Å². The van der Waals surface area contributed by atoms with Crippen molar-refractivity contribution < 1.29 is 19.1 Å². The first-order valence-electron chi connectivity index (χ1n) is 17.8. The number of aromatic nitrogens is 1. The molecule has 254 valence electrons. The largest absolute Gasteiger partial charge is 0.495 e. The standard InChI is InChI=1S/C40H49N3O4S/c1-40(2,3)47-37(44)20-26-8-14-30(15-9-26)39(45)43(34-7-5-6-32(22-34)36-24-42-38(48-36)29-16-17-29)25-27-10-12-28(13-11-27)31-18-19-35(46-4)33(21-31)23-41/h5-7,18-19,21-22,24,26-30H,8-17,20,25H2,1-4H3. The fraction of sp³-hybridized carbons (Fsp3) is 0.550. The molecule has 0 unspecified atom stereocenters. The first-order valence-corrected chi connectivity index (χ1v) is 18.6. The van der Waals surface area contributed by atoms with Crippen molar-refractivity contribution >= 4 is 28.9 Å². The van der Waals surface area contributed by atoms with E-state index in [1.165, 1.54) is 23.4 Å². The molecule has 48 heavy (non-hydrogen) atoms. The third-order valence-corrected chi connectivity index (χ3v) is 11.5. The highest BCUT2D eigenvalue weighted by Gasteiger charge is 2.34. The highest BCUT2D eigenvalue weighted by Crippen LogP contribution is 2.44. The summed E-state index contributed by atoms with van der Waals surface area (Å²) in [4.78, 5) is 34.9. The summed E-state index contributed by atoms with van der Waals surface area (Å²) in [5.41, 5.74) is 3.38. The van der Waals surface area contributed by atoms with E-state index in [-0.39, 0.29) is 23.7 Å². The molecule has 8 heteroatoms. The summed E-state index contributed by atoms with van der Waals surface area (Å²) in [7, 11) is 1.60. The number of esters is 1. The SMILES string of the molecule is COc1ccc(C2CCC(CN(C(=O)C3CCC(CC(=O)OC(C)(C)C)CC3)c3cccc(-c4cnc(C5CC5)s4)c3)CC2)cc1C#N. The predicted molar refractivity (Wildman–Crippen MR) is 190 cm³/mol. The van der Waals surface area contributed by atoms with Gasteiger partial charge in [-0.3, -0.25) is 9.59 Å². The Labute approximate surface area is 289 Å². The molecule has 3 fully saturated rings. The fourth-order valence-electron chi connectivity index (χ4n) is 7.55. The van der Waals surface area contributed by atoms with Crippen molar-refractivity contribution in [2.24, 2.45) is 17.8 Å². The molecule has 3 aromatic rings. The number of hydrogen-bond acceptors (Lipinski definition) is 7. The fourth-order valence-corrected chi connectivity index (χ4v) is 8.63. The molecule has 0 atom stereocenters. The lowest BCUT2D eigenvalue weighted by molar-refractivity contribution is -0.156. The number of rotatable bonds is 10. The van der Waals surface area contributed by atoms with E-state index in [1.807, 2.05) is 39.1 Å². The number of amides is 1. The minimum Gasteiger partial charge on any atom is -0.495 e. The van der Waals surface area contributed by atoms with Gasteiger partial charge in [0.25, 0.3) is 0 Å². The van der Waals surface area contributed by atoms with Gasteiger partial charge in [-0.2, -0.15) is 5.26 Å². The van der Waals surface area contributed by atoms with Crippen LogP contribution in [0.1, 0.15) is 119 Å². The maximum Gasteiger partial charge on any atom is 0.306 e. The van der Waals surface area contributed by atoms with E-state index in [9.17, 15) is 14.9 Å². The molecule has 3 saturated carbocycles. The molecule has 1 amide bonds. The van der Waals surface area contributed by atoms with Gasteiger partial charge in [0.15, 0.2) is 0 Å². The zero-order chi connectivity index (χ0) is 33.8. The van der Waals surface area contributed by atoms with E-state index in [0.29, 0.717) is 42.0 Å². The minimum atomic E-state index is -0.481. The van der Waals surface area contributed by atoms with Crippen molar-refractivity contribution in [2.75, 3.05) is 18.6 Å². The molecular formula is C40H49N3O4S. The summed E-state index contributed by atoms with van der Waals surface area (Å²) < 4.78 is 10.9. The summed E-state index contributed by atoms with van der Waals surface area (Å²) in [6.07, 6.45) is 12.3. The smallest absolute Gasteiger partial charge is 0.306 e. The Morgan fingerprint density at radius 2 is 1.65 bits per heavy atom. The first-order chi connectivity index (χ1) is 23.1. The van der Waals surface area contributed by atoms with Gasteiger partial charge in [0.05, 0.1) is 22.6 Å². The third kappa shape index (κ3) is 8.47. The lowest BCUT2D eigenvalue weighted by Crippen LogP contribution is -2.41. The maximum atomic E-state index is 14.4. The van der Waals surface area contributed by atoms with E-state index in [0.717, 1.165) is 67.5 Å². The highest BCUT2D eigenvalue weighted by molar-refractivity contribution is 7.15. The second-order valence-electron chi connectivity index (χ2n) is 15.1. The normalized spacial score (nSPS) is 22.8. The summed E-state index contributed by atoms with van der Waals surface area (Å²) in [6, 6.07) is 16.7. The molecule has 7 nitrogen and oxygen atoms in total. The maximum absolute atomic E-state index is 14.4. The van der Waals surface area contributed by atoms with Crippen LogP contribution in [0.4, 0.5) is 5.69 Å². The quantitative estimate of drug-likeness (QED) is 0.200. The number of ether oxygens (including phenoxy) is 2. The highest BCUT2D eigenvalue weighted by atomic mass is 32.1. The van der Waals surface area contributed by atoms with Crippen LogP contribution in [-0.4, -0.2) is 36.1 Å². The molecule has 0 bridgehead atoms. The molecule has 0 aliphatic heterocycles. The topological polar surface area (TPSA) is 92.5 Å². The monoisotopic (exact) mass is 667 g/mol. The molecule has 0 N–H and O–H groups in total. The number of anilines is 1. The molecule has 2 aromatic carbocycles. The van der Waals surface area contributed by atoms with Crippen molar-refractivity contribution in [3.63, 3.8) is 0 Å². The average Bonchev–Trinajstić information content (AvgIpc) is 3.82. The molecule has 6 rings (SSSR count). The number of nitriles is 1. The average molecular weight is 668 g/mol. The van der Waals surface area contributed by atoms with Crippen LogP contribution in [0.25, 0.3) is 10.4 Å². The number of benzene rings is 2. The number of hydrogen-bond donors (Lipinski definition) is 0. The van der Waals surface area contributed by atoms with Crippen LogP contribution in [0.5, 0.6) is 5.75 Å². The molecule has 0 saturated heterocycles. The minimum absolute atomic E-state index is 0.0477. The molecule has 3 aliphatic carbocycles. The van der Waals surface area contributed by atoms with E-state index in [2.05, 4.69) is 41.3 Å². The van der Waals surface area contributed by atoms with Gasteiger partial charge < -0.3 is 14.4 Å². The Morgan fingerprint density at radius 1 is 0.938 bits per heavy atom. The Kier molecular flexibility index (Phi) is 10.6. The molecule has 1 heterocycles. The van der Waals surface area contributed by atoms with Gasteiger partial charge in [-0.15, -0.1) is 11.3 Å². The number of carbonyl (C=O) groups excluding carboxylic acids is 2. The van der Waals surface area contributed by atoms with Crippen LogP contribution in [0.15, 0.2) is 48.7 Å². The number of methoxy groups -OCH3 is 1. The molecule has 0 radical (unpaired) electrons. The Hall–Kier alpha value is -3.70. The van der Waals surface area contributed by atoms with Gasteiger partial charge in [-0.25, -0.2) is 4.98 Å². The van der Waals surface area contributed by atoms with Crippen molar-refractivity contribution in [2.45, 2.75) is 109 Å². The van der Waals surface area contributed by atoms with Gasteiger partial charge in [0, 0.05) is 36.7 Å². The molecule has 1 aromatic heterocycles. The zero-order valence-corrected chi connectivity index (χ0v) is 29.7. The van der Waals surface area contributed by atoms with Crippen LogP contribution in [0, 0.1) is 29.1 Å². The van der Waals surface area contributed by atoms with Gasteiger partial charge in [0.1, 0.15) is 17.4 Å². The molecule has 0 spiro atoms. The predicted octanol–water partition coefficient (Wildman–Crippen LogP) is 9.41. The van der Waals surface area contributed by atoms with Crippen LogP contribution >= 0.6 is 11.3 Å². The second kappa shape index (κ2) is 14.8. The van der Waals surface area contributed by atoms with Crippen LogP contribution < -0.4 is 9.64 Å². The van der Waals surface area contributed by atoms with E-state index in [1.54, 1.807) is 18.4 Å². The number of carbonyl (C=O) groups is 2. The molecule has 3 aliphatic rings. The summed E-state index contributed by atoms with van der Waals surface area (Å²) in [5, 5.41) is 10.8. The van der Waals surface area contributed by atoms with Gasteiger partial charge >= 0.3 is 5.97 Å². The van der Waals surface area contributed by atoms with Crippen molar-refractivity contribution in [3.05, 3.63) is 64.8 Å². The van der Waals surface area contributed by atoms with Crippen molar-refractivity contribution in [3.8, 4) is 22.3 Å². The second-order valence-corrected chi connectivity index (χ2v) is 16.2. The number of nitrogens with zero attached hydrogens (tertiary/aromatic N) is 3. The van der Waals surface area contributed by atoms with E-state index >= 15 is 0 Å². The summed E-state index contributed by atoms with van der Waals surface area (Å²) >= 11 is 1.78. The Morgan fingerprint density at radius 3 is 2.31 bits per heavy atom. The van der Waals surface area contributed by atoms with Gasteiger partial charge in [-0.1, -0.05) is 18.2 Å². The van der Waals surface area contributed by atoms with E-state index < -0.39 is 5.60 Å². The Bertz CT molecular complexity index is 1630. The summed E-state index contributed by atoms with van der Waals surface area (Å²) in [6.45, 7) is 6.41.